The van der Waals surface area contributed by atoms with E-state index in [-0.39, 0.29) is 6.10 Å². The quantitative estimate of drug-likeness (QED) is 0.632. The summed E-state index contributed by atoms with van der Waals surface area (Å²) >= 11 is 0. The highest BCUT2D eigenvalue weighted by atomic mass is 16.5. The minimum atomic E-state index is -1.35. The molecule has 0 fully saturated rings. The molecule has 0 saturated heterocycles. The van der Waals surface area contributed by atoms with Crippen molar-refractivity contribution in [3.05, 3.63) is 65.7 Å². The van der Waals surface area contributed by atoms with Crippen LogP contribution in [-0.2, 0) is 16.8 Å². The molecule has 1 aliphatic carbocycles. The summed E-state index contributed by atoms with van der Waals surface area (Å²) in [6.45, 7) is 3.94. The molecule has 0 unspecified atom stereocenters. The van der Waals surface area contributed by atoms with Crippen LogP contribution in [0.2, 0.25) is 0 Å². The number of carboxylic acid groups (broad SMARTS) is 1. The average molecular weight is 351 g/mol. The maximum absolute atomic E-state index is 11.8. The predicted molar refractivity (Wildman–Crippen MR) is 99.4 cm³/mol. The van der Waals surface area contributed by atoms with E-state index in [9.17, 15) is 9.59 Å². The first-order valence-electron chi connectivity index (χ1n) is 8.49. The zero-order chi connectivity index (χ0) is 18.7. The first kappa shape index (κ1) is 17.7. The van der Waals surface area contributed by atoms with Gasteiger partial charge in [0.1, 0.15) is 11.3 Å². The van der Waals surface area contributed by atoms with Gasteiger partial charge in [-0.15, -0.1) is 0 Å². The zero-order valence-corrected chi connectivity index (χ0v) is 14.7. The van der Waals surface area contributed by atoms with Gasteiger partial charge in [0.2, 0.25) is 0 Å². The molecule has 1 atom stereocenters. The number of hydrogen-bond acceptors (Lipinski definition) is 3. The number of carbonyl (C=O) groups is 2. The average Bonchev–Trinajstić information content (AvgIpc) is 2.61. The Morgan fingerprint density at radius 2 is 1.88 bits per heavy atom. The number of allylic oxidation sites excluding steroid dienone is 1. The summed E-state index contributed by atoms with van der Waals surface area (Å²) in [6.07, 6.45) is 3.58. The normalized spacial score (nSPS) is 18.3. The van der Waals surface area contributed by atoms with Crippen molar-refractivity contribution >= 4 is 12.4 Å². The lowest BCUT2D eigenvalue weighted by molar-refractivity contribution is -0.112. The number of ether oxygens (including phenoxy) is 1. The van der Waals surface area contributed by atoms with Gasteiger partial charge in [0.05, 0.1) is 6.10 Å². The maximum Gasteiger partial charge on any atom is 0.405 e. The summed E-state index contributed by atoms with van der Waals surface area (Å²) in [7, 11) is 0. The fourth-order valence-corrected chi connectivity index (χ4v) is 3.20. The monoisotopic (exact) mass is 351 g/mol. The van der Waals surface area contributed by atoms with Crippen LogP contribution in [0, 0.1) is 0 Å². The molecule has 0 aliphatic heterocycles. The molecule has 2 aromatic carbocycles. The number of aldehydes is 1. The van der Waals surface area contributed by atoms with Crippen molar-refractivity contribution in [2.24, 2.45) is 0 Å². The Labute approximate surface area is 152 Å². The van der Waals surface area contributed by atoms with Crippen molar-refractivity contribution in [2.75, 3.05) is 0 Å². The summed E-state index contributed by atoms with van der Waals surface area (Å²) in [5.41, 5.74) is 2.12. The molecule has 0 radical (unpaired) electrons. The number of amides is 1. The number of rotatable bonds is 5. The van der Waals surface area contributed by atoms with Crippen LogP contribution in [0.25, 0.3) is 11.1 Å². The number of carbonyl (C=O) groups excluding carboxylic acids is 1. The van der Waals surface area contributed by atoms with Crippen LogP contribution in [0.3, 0.4) is 0 Å². The van der Waals surface area contributed by atoms with Gasteiger partial charge in [-0.3, -0.25) is 4.79 Å². The van der Waals surface area contributed by atoms with Gasteiger partial charge >= 0.3 is 6.09 Å². The standard InChI is InChI=1S/C21H21NO4/c1-14(2)26-18-9-7-15(8-10-18)17-6-5-16-4-3-11-21(13-23,19(16)12-17)22-20(24)25/h3,5-14,22H,4H2,1-2H3,(H,24,25)/t21-/m1/s1. The summed E-state index contributed by atoms with van der Waals surface area (Å²) < 4.78 is 5.66. The van der Waals surface area contributed by atoms with Gasteiger partial charge in [0, 0.05) is 0 Å². The lowest BCUT2D eigenvalue weighted by atomic mass is 9.80. The lowest BCUT2D eigenvalue weighted by Crippen LogP contribution is -2.46. The first-order valence-corrected chi connectivity index (χ1v) is 8.49. The Kier molecular flexibility index (Phi) is 4.80. The van der Waals surface area contributed by atoms with E-state index in [1.54, 1.807) is 6.08 Å². The van der Waals surface area contributed by atoms with Crippen molar-refractivity contribution in [2.45, 2.75) is 31.9 Å². The Bertz CT molecular complexity index is 855. The van der Waals surface area contributed by atoms with Gasteiger partial charge in [-0.1, -0.05) is 36.4 Å². The highest BCUT2D eigenvalue weighted by Crippen LogP contribution is 2.33. The second-order valence-corrected chi connectivity index (χ2v) is 6.59. The first-order chi connectivity index (χ1) is 12.4. The number of fused-ring (bicyclic) bond motifs is 1. The molecule has 5 heteroatoms. The number of benzene rings is 2. The summed E-state index contributed by atoms with van der Waals surface area (Å²) in [5.74, 6) is 0.791. The SMILES string of the molecule is CC(C)Oc1ccc(-c2ccc3c(c2)[C@@](C=O)(NC(=O)O)C=CC3)cc1. The molecule has 2 N–H and O–H groups in total. The molecule has 2 aromatic rings. The zero-order valence-electron chi connectivity index (χ0n) is 14.7. The van der Waals surface area contributed by atoms with Gasteiger partial charge in [0.25, 0.3) is 0 Å². The fourth-order valence-electron chi connectivity index (χ4n) is 3.20. The van der Waals surface area contributed by atoms with Crippen LogP contribution in [0.5, 0.6) is 5.75 Å². The summed E-state index contributed by atoms with van der Waals surface area (Å²) in [4.78, 5) is 23.0. The highest BCUT2D eigenvalue weighted by molar-refractivity contribution is 5.82. The molecule has 1 amide bonds. The second-order valence-electron chi connectivity index (χ2n) is 6.59. The Balaban J connectivity index is 2.00. The van der Waals surface area contributed by atoms with Crippen molar-refractivity contribution in [3.8, 4) is 16.9 Å². The molecule has 0 aromatic heterocycles. The van der Waals surface area contributed by atoms with Crippen LogP contribution in [0.1, 0.15) is 25.0 Å². The molecule has 0 saturated carbocycles. The van der Waals surface area contributed by atoms with E-state index in [1.165, 1.54) is 0 Å². The molecule has 1 aliphatic rings. The summed E-state index contributed by atoms with van der Waals surface area (Å²) in [6, 6.07) is 13.5. The van der Waals surface area contributed by atoms with Crippen LogP contribution in [-0.4, -0.2) is 23.6 Å². The second kappa shape index (κ2) is 7.04. The van der Waals surface area contributed by atoms with Gasteiger partial charge in [-0.05, 0) is 60.7 Å². The van der Waals surface area contributed by atoms with Crippen LogP contribution in [0.4, 0.5) is 4.79 Å². The van der Waals surface area contributed by atoms with E-state index in [1.807, 2.05) is 62.4 Å². The molecular weight excluding hydrogens is 330 g/mol. The van der Waals surface area contributed by atoms with E-state index in [0.29, 0.717) is 18.3 Å². The van der Waals surface area contributed by atoms with E-state index in [4.69, 9.17) is 9.84 Å². The molecule has 0 spiro atoms. The minimum Gasteiger partial charge on any atom is -0.491 e. The van der Waals surface area contributed by atoms with E-state index >= 15 is 0 Å². The molecule has 0 heterocycles. The highest BCUT2D eigenvalue weighted by Gasteiger charge is 2.35. The fraction of sp³-hybridized carbons (Fsp3) is 0.238. The Morgan fingerprint density at radius 3 is 2.50 bits per heavy atom. The van der Waals surface area contributed by atoms with Gasteiger partial charge in [0.15, 0.2) is 6.29 Å². The van der Waals surface area contributed by atoms with E-state index in [0.717, 1.165) is 22.4 Å². The largest absolute Gasteiger partial charge is 0.491 e. The van der Waals surface area contributed by atoms with E-state index < -0.39 is 11.6 Å². The maximum atomic E-state index is 11.8. The van der Waals surface area contributed by atoms with Crippen LogP contribution in [0.15, 0.2) is 54.6 Å². The molecule has 0 bridgehead atoms. The van der Waals surface area contributed by atoms with Gasteiger partial charge < -0.3 is 15.2 Å². The van der Waals surface area contributed by atoms with E-state index in [2.05, 4.69) is 5.32 Å². The van der Waals surface area contributed by atoms with Crippen LogP contribution < -0.4 is 10.1 Å². The van der Waals surface area contributed by atoms with Crippen LogP contribution >= 0.6 is 0 Å². The third-order valence-electron chi connectivity index (χ3n) is 4.33. The Hall–Kier alpha value is -3.08. The van der Waals surface area contributed by atoms with Crippen molar-refractivity contribution in [3.63, 3.8) is 0 Å². The third-order valence-corrected chi connectivity index (χ3v) is 4.33. The van der Waals surface area contributed by atoms with Crippen molar-refractivity contribution < 1.29 is 19.4 Å². The minimum absolute atomic E-state index is 0.103. The summed E-state index contributed by atoms with van der Waals surface area (Å²) in [5, 5.41) is 11.5. The Morgan fingerprint density at radius 1 is 1.19 bits per heavy atom. The number of hydrogen-bond donors (Lipinski definition) is 2. The smallest absolute Gasteiger partial charge is 0.405 e. The molecule has 134 valence electrons. The predicted octanol–water partition coefficient (Wildman–Crippen LogP) is 3.91. The third kappa shape index (κ3) is 3.47. The number of nitrogens with one attached hydrogen (secondary N) is 1. The molecule has 26 heavy (non-hydrogen) atoms. The lowest BCUT2D eigenvalue weighted by Gasteiger charge is -2.30. The van der Waals surface area contributed by atoms with Gasteiger partial charge in [-0.2, -0.15) is 0 Å². The topological polar surface area (TPSA) is 75.6 Å². The van der Waals surface area contributed by atoms with Crippen molar-refractivity contribution in [1.82, 2.24) is 5.32 Å². The van der Waals surface area contributed by atoms with Crippen molar-refractivity contribution in [1.29, 1.82) is 0 Å². The molecule has 3 rings (SSSR count). The molecule has 5 nitrogen and oxygen atoms in total. The van der Waals surface area contributed by atoms with Gasteiger partial charge in [-0.25, -0.2) is 4.79 Å². The molecular formula is C21H21NO4.